The van der Waals surface area contributed by atoms with E-state index in [4.69, 9.17) is 0 Å². The van der Waals surface area contributed by atoms with Crippen LogP contribution in [0.15, 0.2) is 0 Å². The van der Waals surface area contributed by atoms with E-state index in [0.29, 0.717) is 17.9 Å². The first-order valence-electron chi connectivity index (χ1n) is 6.05. The molecule has 1 amide bonds. The number of nitrogens with one attached hydrogen (secondary N) is 1. The molecule has 3 atom stereocenters. The first-order valence-corrected chi connectivity index (χ1v) is 6.05. The summed E-state index contributed by atoms with van der Waals surface area (Å²) in [7, 11) is 0. The monoisotopic (exact) mass is 210 g/mol. The van der Waals surface area contributed by atoms with E-state index in [1.165, 1.54) is 0 Å². The van der Waals surface area contributed by atoms with E-state index < -0.39 is 0 Å². The van der Waals surface area contributed by atoms with Crippen LogP contribution in [0.5, 0.6) is 0 Å². The highest BCUT2D eigenvalue weighted by Crippen LogP contribution is 2.32. The topological polar surface area (TPSA) is 32.3 Å². The third-order valence-corrected chi connectivity index (χ3v) is 3.93. The van der Waals surface area contributed by atoms with E-state index in [1.807, 2.05) is 0 Å². The van der Waals surface area contributed by atoms with Crippen LogP contribution in [0.1, 0.15) is 33.6 Å². The van der Waals surface area contributed by atoms with Gasteiger partial charge in [-0.2, -0.15) is 0 Å². The standard InChI is InChI=1S/C12H22N2O/c1-9-6-10(2)14(7-9)11(15)12(3)4-5-13-8-12/h9-10,13H,4-8H2,1-3H3. The zero-order chi connectivity index (χ0) is 11.1. The molecule has 0 aromatic rings. The Hall–Kier alpha value is -0.570. The van der Waals surface area contributed by atoms with Gasteiger partial charge < -0.3 is 10.2 Å². The summed E-state index contributed by atoms with van der Waals surface area (Å²) >= 11 is 0. The molecule has 15 heavy (non-hydrogen) atoms. The van der Waals surface area contributed by atoms with Crippen molar-refractivity contribution in [1.82, 2.24) is 10.2 Å². The highest BCUT2D eigenvalue weighted by molar-refractivity contribution is 5.83. The lowest BCUT2D eigenvalue weighted by Crippen LogP contribution is -2.45. The van der Waals surface area contributed by atoms with E-state index in [0.717, 1.165) is 32.5 Å². The molecule has 0 spiro atoms. The number of carbonyl (C=O) groups excluding carboxylic acids is 1. The highest BCUT2D eigenvalue weighted by atomic mass is 16.2. The van der Waals surface area contributed by atoms with Gasteiger partial charge in [0.15, 0.2) is 0 Å². The lowest BCUT2D eigenvalue weighted by Gasteiger charge is -2.31. The minimum Gasteiger partial charge on any atom is -0.339 e. The Morgan fingerprint density at radius 2 is 2.20 bits per heavy atom. The molecule has 0 aromatic heterocycles. The largest absolute Gasteiger partial charge is 0.339 e. The molecule has 0 saturated carbocycles. The lowest BCUT2D eigenvalue weighted by molar-refractivity contribution is -0.140. The van der Waals surface area contributed by atoms with Crippen LogP contribution < -0.4 is 5.32 Å². The Morgan fingerprint density at radius 3 is 2.67 bits per heavy atom. The first kappa shape index (κ1) is 10.9. The molecule has 2 rings (SSSR count). The molecular formula is C12H22N2O. The predicted octanol–water partition coefficient (Wildman–Crippen LogP) is 1.24. The van der Waals surface area contributed by atoms with E-state index in [1.54, 1.807) is 0 Å². The molecule has 3 unspecified atom stereocenters. The van der Waals surface area contributed by atoms with Gasteiger partial charge in [-0.15, -0.1) is 0 Å². The van der Waals surface area contributed by atoms with Gasteiger partial charge in [0.05, 0.1) is 5.41 Å². The van der Waals surface area contributed by atoms with Crippen LogP contribution in [0.4, 0.5) is 0 Å². The minimum atomic E-state index is -0.141. The minimum absolute atomic E-state index is 0.141. The highest BCUT2D eigenvalue weighted by Gasteiger charge is 2.42. The van der Waals surface area contributed by atoms with E-state index in [2.05, 4.69) is 31.0 Å². The smallest absolute Gasteiger partial charge is 0.230 e. The second-order valence-electron chi connectivity index (χ2n) is 5.63. The summed E-state index contributed by atoms with van der Waals surface area (Å²) in [5, 5.41) is 3.30. The molecule has 0 radical (unpaired) electrons. The van der Waals surface area contributed by atoms with E-state index in [9.17, 15) is 4.79 Å². The van der Waals surface area contributed by atoms with Crippen LogP contribution >= 0.6 is 0 Å². The van der Waals surface area contributed by atoms with Crippen molar-refractivity contribution < 1.29 is 4.79 Å². The molecule has 2 saturated heterocycles. The third-order valence-electron chi connectivity index (χ3n) is 3.93. The van der Waals surface area contributed by atoms with Crippen molar-refractivity contribution >= 4 is 5.91 Å². The Balaban J connectivity index is 2.07. The second kappa shape index (κ2) is 3.78. The van der Waals surface area contributed by atoms with Crippen molar-refractivity contribution in [1.29, 1.82) is 0 Å². The molecule has 0 bridgehead atoms. The Kier molecular flexibility index (Phi) is 2.75. The van der Waals surface area contributed by atoms with Crippen molar-refractivity contribution in [2.45, 2.75) is 39.7 Å². The fourth-order valence-electron chi connectivity index (χ4n) is 2.93. The molecule has 2 fully saturated rings. The lowest BCUT2D eigenvalue weighted by atomic mass is 9.88. The van der Waals surface area contributed by atoms with Gasteiger partial charge in [-0.05, 0) is 39.2 Å². The average molecular weight is 210 g/mol. The number of carbonyl (C=O) groups is 1. The van der Waals surface area contributed by atoms with Gasteiger partial charge in [0.2, 0.25) is 5.91 Å². The number of nitrogens with zero attached hydrogens (tertiary/aromatic N) is 1. The Bertz CT molecular complexity index is 258. The van der Waals surface area contributed by atoms with Crippen LogP contribution in [-0.2, 0) is 4.79 Å². The Labute approximate surface area is 92.2 Å². The quantitative estimate of drug-likeness (QED) is 0.706. The van der Waals surface area contributed by atoms with E-state index >= 15 is 0 Å². The van der Waals surface area contributed by atoms with Crippen molar-refractivity contribution in [2.75, 3.05) is 19.6 Å². The molecule has 1 N–H and O–H groups in total. The summed E-state index contributed by atoms with van der Waals surface area (Å²) in [6.07, 6.45) is 2.15. The van der Waals surface area contributed by atoms with Crippen molar-refractivity contribution in [3.05, 3.63) is 0 Å². The first-order chi connectivity index (χ1) is 7.03. The summed E-state index contributed by atoms with van der Waals surface area (Å²) in [6.45, 7) is 9.30. The number of hydrogen-bond donors (Lipinski definition) is 1. The Morgan fingerprint density at radius 1 is 1.47 bits per heavy atom. The van der Waals surface area contributed by atoms with Crippen molar-refractivity contribution in [3.8, 4) is 0 Å². The summed E-state index contributed by atoms with van der Waals surface area (Å²) in [4.78, 5) is 14.5. The van der Waals surface area contributed by atoms with Gasteiger partial charge in [-0.1, -0.05) is 6.92 Å². The fourth-order valence-corrected chi connectivity index (χ4v) is 2.93. The summed E-state index contributed by atoms with van der Waals surface area (Å²) < 4.78 is 0. The number of hydrogen-bond acceptors (Lipinski definition) is 2. The third kappa shape index (κ3) is 1.89. The van der Waals surface area contributed by atoms with Gasteiger partial charge >= 0.3 is 0 Å². The van der Waals surface area contributed by atoms with Crippen LogP contribution in [0, 0.1) is 11.3 Å². The van der Waals surface area contributed by atoms with Crippen LogP contribution in [0.2, 0.25) is 0 Å². The van der Waals surface area contributed by atoms with Crippen molar-refractivity contribution in [2.24, 2.45) is 11.3 Å². The SMILES string of the molecule is CC1CC(C)N(C(=O)C2(C)CCNC2)C1. The summed E-state index contributed by atoms with van der Waals surface area (Å²) in [6, 6.07) is 0.435. The van der Waals surface area contributed by atoms with Crippen LogP contribution in [-0.4, -0.2) is 36.5 Å². The predicted molar refractivity (Wildman–Crippen MR) is 60.5 cm³/mol. The molecule has 2 aliphatic heterocycles. The maximum Gasteiger partial charge on any atom is 0.230 e. The van der Waals surface area contributed by atoms with Gasteiger partial charge in [0, 0.05) is 19.1 Å². The molecule has 3 nitrogen and oxygen atoms in total. The number of rotatable bonds is 1. The second-order valence-corrected chi connectivity index (χ2v) is 5.63. The summed E-state index contributed by atoms with van der Waals surface area (Å²) in [5.74, 6) is 1.03. The number of likely N-dealkylation sites (tertiary alicyclic amines) is 1. The maximum atomic E-state index is 12.4. The van der Waals surface area contributed by atoms with E-state index in [-0.39, 0.29) is 5.41 Å². The van der Waals surface area contributed by atoms with Crippen LogP contribution in [0.25, 0.3) is 0 Å². The molecule has 0 aliphatic carbocycles. The normalized spacial score (nSPS) is 41.1. The van der Waals surface area contributed by atoms with Gasteiger partial charge in [0.25, 0.3) is 0 Å². The zero-order valence-corrected chi connectivity index (χ0v) is 10.0. The zero-order valence-electron chi connectivity index (χ0n) is 10.0. The molecule has 86 valence electrons. The summed E-state index contributed by atoms with van der Waals surface area (Å²) in [5.41, 5.74) is -0.141. The fraction of sp³-hybridized carbons (Fsp3) is 0.917. The van der Waals surface area contributed by atoms with Gasteiger partial charge in [-0.25, -0.2) is 0 Å². The molecule has 3 heteroatoms. The van der Waals surface area contributed by atoms with Crippen molar-refractivity contribution in [3.63, 3.8) is 0 Å². The molecule has 2 heterocycles. The molecule has 0 aromatic carbocycles. The number of amides is 1. The van der Waals surface area contributed by atoms with Gasteiger partial charge in [-0.3, -0.25) is 4.79 Å². The molecule has 2 aliphatic rings. The maximum absolute atomic E-state index is 12.4. The van der Waals surface area contributed by atoms with Crippen LogP contribution in [0.3, 0.4) is 0 Å². The van der Waals surface area contributed by atoms with Gasteiger partial charge in [0.1, 0.15) is 0 Å². The molecular weight excluding hydrogens is 188 g/mol. The average Bonchev–Trinajstić information content (AvgIpc) is 2.73.